The van der Waals surface area contributed by atoms with E-state index in [4.69, 9.17) is 11.6 Å². The third-order valence-corrected chi connectivity index (χ3v) is 4.64. The zero-order chi connectivity index (χ0) is 16.4. The summed E-state index contributed by atoms with van der Waals surface area (Å²) in [7, 11) is 0. The number of benzene rings is 1. The minimum atomic E-state index is -0.457. The van der Waals surface area contributed by atoms with Crippen LogP contribution >= 0.6 is 23.4 Å². The molecular formula is C14H14ClN5O2S. The summed E-state index contributed by atoms with van der Waals surface area (Å²) in [6.45, 7) is 2.62. The van der Waals surface area contributed by atoms with Gasteiger partial charge in [0.05, 0.1) is 10.9 Å². The van der Waals surface area contributed by atoms with Crippen molar-refractivity contribution in [1.29, 1.82) is 0 Å². The molecule has 1 aromatic heterocycles. The average Bonchev–Trinajstić information content (AvgIpc) is 3.15. The van der Waals surface area contributed by atoms with Gasteiger partial charge in [0.2, 0.25) is 5.91 Å². The second kappa shape index (κ2) is 6.59. The number of nitrogens with one attached hydrogen (secondary N) is 1. The van der Waals surface area contributed by atoms with Crippen molar-refractivity contribution in [2.75, 3.05) is 13.1 Å². The molecule has 120 valence electrons. The molecule has 0 spiro atoms. The average molecular weight is 352 g/mol. The van der Waals surface area contributed by atoms with E-state index < -0.39 is 5.25 Å². The lowest BCUT2D eigenvalue weighted by Gasteiger charge is -2.17. The Hall–Kier alpha value is -2.06. The summed E-state index contributed by atoms with van der Waals surface area (Å²) >= 11 is 7.26. The Labute approximate surface area is 142 Å². The highest BCUT2D eigenvalue weighted by Crippen LogP contribution is 2.26. The summed E-state index contributed by atoms with van der Waals surface area (Å²) in [5.74, 6) is -0.245. The van der Waals surface area contributed by atoms with E-state index in [-0.39, 0.29) is 11.9 Å². The van der Waals surface area contributed by atoms with E-state index in [1.165, 1.54) is 16.7 Å². The molecule has 1 saturated heterocycles. The number of carbonyl (C=O) groups excluding carboxylic acids is 2. The van der Waals surface area contributed by atoms with Crippen molar-refractivity contribution in [1.82, 2.24) is 25.0 Å². The number of carbonyl (C=O) groups is 2. The highest BCUT2D eigenvalue weighted by Gasteiger charge is 2.31. The maximum Gasteiger partial charge on any atom is 0.324 e. The van der Waals surface area contributed by atoms with Crippen molar-refractivity contribution in [2.24, 2.45) is 0 Å². The first-order chi connectivity index (χ1) is 11.1. The van der Waals surface area contributed by atoms with E-state index in [0.717, 1.165) is 5.69 Å². The molecule has 1 aliphatic heterocycles. The van der Waals surface area contributed by atoms with E-state index in [2.05, 4.69) is 15.5 Å². The Bertz CT molecular complexity index is 750. The van der Waals surface area contributed by atoms with Crippen LogP contribution in [0.3, 0.4) is 0 Å². The Morgan fingerprint density at radius 2 is 2.30 bits per heavy atom. The molecule has 0 bridgehead atoms. The number of hydrogen-bond acceptors (Lipinski definition) is 5. The summed E-state index contributed by atoms with van der Waals surface area (Å²) in [5.41, 5.74) is 0.809. The standard InChI is InChI=1S/C14H14ClN5O2S/c1-9(12(21)19-6-5-16-13(19)22)23-14-18-17-8-20(14)11-4-2-3-10(15)7-11/h2-4,7-9H,5-6H2,1H3,(H,16,22). The molecule has 0 aliphatic carbocycles. The van der Waals surface area contributed by atoms with E-state index in [1.807, 2.05) is 12.1 Å². The van der Waals surface area contributed by atoms with Crippen LogP contribution in [0.15, 0.2) is 35.7 Å². The summed E-state index contributed by atoms with van der Waals surface area (Å²) in [4.78, 5) is 25.2. The number of rotatable bonds is 4. The number of nitrogens with zero attached hydrogens (tertiary/aromatic N) is 4. The summed E-state index contributed by atoms with van der Waals surface area (Å²) < 4.78 is 1.75. The lowest BCUT2D eigenvalue weighted by Crippen LogP contribution is -2.39. The van der Waals surface area contributed by atoms with Gasteiger partial charge in [0.1, 0.15) is 6.33 Å². The molecule has 1 aromatic carbocycles. The molecular weight excluding hydrogens is 338 g/mol. The Balaban J connectivity index is 1.77. The zero-order valence-electron chi connectivity index (χ0n) is 12.3. The van der Waals surface area contributed by atoms with Gasteiger partial charge in [-0.05, 0) is 25.1 Å². The van der Waals surface area contributed by atoms with Crippen molar-refractivity contribution in [3.8, 4) is 5.69 Å². The first-order valence-electron chi connectivity index (χ1n) is 6.98. The predicted molar refractivity (Wildman–Crippen MR) is 86.8 cm³/mol. The van der Waals surface area contributed by atoms with Gasteiger partial charge in [-0.15, -0.1) is 10.2 Å². The Morgan fingerprint density at radius 1 is 1.48 bits per heavy atom. The number of halogens is 1. The second-order valence-corrected chi connectivity index (χ2v) is 6.69. The number of thioether (sulfide) groups is 1. The molecule has 1 N–H and O–H groups in total. The van der Waals surface area contributed by atoms with Gasteiger partial charge in [-0.3, -0.25) is 14.3 Å². The molecule has 23 heavy (non-hydrogen) atoms. The number of amides is 3. The van der Waals surface area contributed by atoms with Gasteiger partial charge >= 0.3 is 6.03 Å². The molecule has 7 nitrogen and oxygen atoms in total. The fourth-order valence-corrected chi connectivity index (χ4v) is 3.31. The first-order valence-corrected chi connectivity index (χ1v) is 8.24. The van der Waals surface area contributed by atoms with Crippen LogP contribution in [0.2, 0.25) is 5.02 Å². The number of urea groups is 1. The van der Waals surface area contributed by atoms with Crippen LogP contribution in [-0.4, -0.2) is 49.9 Å². The largest absolute Gasteiger partial charge is 0.336 e. The van der Waals surface area contributed by atoms with Crippen LogP contribution in [0.5, 0.6) is 0 Å². The molecule has 2 heterocycles. The van der Waals surface area contributed by atoms with Crippen LogP contribution in [0, 0.1) is 0 Å². The molecule has 1 aliphatic rings. The van der Waals surface area contributed by atoms with E-state index >= 15 is 0 Å². The van der Waals surface area contributed by atoms with Crippen LogP contribution in [-0.2, 0) is 4.79 Å². The monoisotopic (exact) mass is 351 g/mol. The van der Waals surface area contributed by atoms with Gasteiger partial charge in [0.15, 0.2) is 5.16 Å². The number of imide groups is 1. The van der Waals surface area contributed by atoms with Crippen LogP contribution in [0.25, 0.3) is 5.69 Å². The topological polar surface area (TPSA) is 80.1 Å². The lowest BCUT2D eigenvalue weighted by molar-refractivity contribution is -0.126. The molecule has 3 rings (SSSR count). The van der Waals surface area contributed by atoms with Crippen LogP contribution in [0.1, 0.15) is 6.92 Å². The molecule has 0 radical (unpaired) electrons. The van der Waals surface area contributed by atoms with E-state index in [9.17, 15) is 9.59 Å². The maximum atomic E-state index is 12.3. The summed E-state index contributed by atoms with van der Waals surface area (Å²) in [6, 6.07) is 6.92. The molecule has 1 atom stereocenters. The number of hydrogen-bond donors (Lipinski definition) is 1. The molecule has 2 aromatic rings. The van der Waals surface area contributed by atoms with Gasteiger partial charge < -0.3 is 5.32 Å². The molecule has 1 fully saturated rings. The van der Waals surface area contributed by atoms with Crippen LogP contribution < -0.4 is 5.32 Å². The summed E-state index contributed by atoms with van der Waals surface area (Å²) in [5, 5.41) is 11.3. The quantitative estimate of drug-likeness (QED) is 0.852. The molecule has 1 unspecified atom stereocenters. The summed E-state index contributed by atoms with van der Waals surface area (Å²) in [6.07, 6.45) is 1.56. The van der Waals surface area contributed by atoms with Crippen molar-refractivity contribution in [3.63, 3.8) is 0 Å². The van der Waals surface area contributed by atoms with Gasteiger partial charge in [-0.25, -0.2) is 4.79 Å². The predicted octanol–water partition coefficient (Wildman–Crippen LogP) is 1.95. The lowest BCUT2D eigenvalue weighted by atomic mass is 10.3. The normalized spacial score (nSPS) is 15.6. The Morgan fingerprint density at radius 3 is 3.00 bits per heavy atom. The van der Waals surface area contributed by atoms with Gasteiger partial charge in [-0.2, -0.15) is 0 Å². The van der Waals surface area contributed by atoms with Crippen molar-refractivity contribution in [3.05, 3.63) is 35.6 Å². The van der Waals surface area contributed by atoms with Crippen molar-refractivity contribution >= 4 is 35.3 Å². The molecule has 3 amide bonds. The second-order valence-electron chi connectivity index (χ2n) is 4.95. The zero-order valence-corrected chi connectivity index (χ0v) is 13.8. The van der Waals surface area contributed by atoms with Crippen molar-refractivity contribution in [2.45, 2.75) is 17.3 Å². The maximum absolute atomic E-state index is 12.3. The minimum absolute atomic E-state index is 0.245. The third-order valence-electron chi connectivity index (χ3n) is 3.36. The van der Waals surface area contributed by atoms with Crippen LogP contribution in [0.4, 0.5) is 4.79 Å². The fraction of sp³-hybridized carbons (Fsp3) is 0.286. The van der Waals surface area contributed by atoms with Gasteiger partial charge in [-0.1, -0.05) is 29.4 Å². The smallest absolute Gasteiger partial charge is 0.324 e. The Kier molecular flexibility index (Phi) is 4.53. The minimum Gasteiger partial charge on any atom is -0.336 e. The highest BCUT2D eigenvalue weighted by molar-refractivity contribution is 8.00. The fourth-order valence-electron chi connectivity index (χ4n) is 2.22. The molecule has 9 heteroatoms. The van der Waals surface area contributed by atoms with Gasteiger partial charge in [0, 0.05) is 18.1 Å². The van der Waals surface area contributed by atoms with Gasteiger partial charge in [0.25, 0.3) is 0 Å². The highest BCUT2D eigenvalue weighted by atomic mass is 35.5. The first kappa shape index (κ1) is 15.8. The number of aromatic nitrogens is 3. The SMILES string of the molecule is CC(Sc1nncn1-c1cccc(Cl)c1)C(=O)N1CCNC1=O. The van der Waals surface area contributed by atoms with Crippen molar-refractivity contribution < 1.29 is 9.59 Å². The molecule has 0 saturated carbocycles. The van der Waals surface area contributed by atoms with E-state index in [0.29, 0.717) is 23.3 Å². The third kappa shape index (κ3) is 3.32. The van der Waals surface area contributed by atoms with E-state index in [1.54, 1.807) is 30.0 Å².